The first-order valence-corrected chi connectivity index (χ1v) is 12.0. The third kappa shape index (κ3) is 4.18. The van der Waals surface area contributed by atoms with Gasteiger partial charge in [-0.2, -0.15) is 0 Å². The number of fused-ring (bicyclic) bond motifs is 3. The molecule has 0 fully saturated rings. The number of rotatable bonds is 5. The van der Waals surface area contributed by atoms with E-state index in [9.17, 15) is 9.59 Å². The fourth-order valence-corrected chi connectivity index (χ4v) is 5.85. The van der Waals surface area contributed by atoms with Crippen molar-refractivity contribution in [3.63, 3.8) is 0 Å². The summed E-state index contributed by atoms with van der Waals surface area (Å²) in [6.07, 6.45) is 4.55. The molecule has 2 heterocycles. The molecular weight excluding hydrogens is 406 g/mol. The van der Waals surface area contributed by atoms with E-state index >= 15 is 0 Å². The van der Waals surface area contributed by atoms with Crippen LogP contribution in [0, 0.1) is 5.92 Å². The van der Waals surface area contributed by atoms with Crippen molar-refractivity contribution in [2.45, 2.75) is 72.3 Å². The number of para-hydroxylation sites is 1. The Balaban J connectivity index is 1.65. The Hall–Kier alpha value is -2.47. The number of anilines is 1. The lowest BCUT2D eigenvalue weighted by atomic mass is 9.89. The molecule has 164 valence electrons. The molecule has 3 aromatic rings. The molecule has 0 bridgehead atoms. The first-order chi connectivity index (χ1) is 14.8. The van der Waals surface area contributed by atoms with Crippen molar-refractivity contribution in [1.82, 2.24) is 9.55 Å². The van der Waals surface area contributed by atoms with Crippen LogP contribution in [0.4, 0.5) is 5.69 Å². The number of hydrogen-bond acceptors (Lipinski definition) is 4. The van der Waals surface area contributed by atoms with Crippen molar-refractivity contribution < 1.29 is 4.79 Å². The van der Waals surface area contributed by atoms with Gasteiger partial charge in [0, 0.05) is 10.6 Å². The smallest absolute Gasteiger partial charge is 0.262 e. The molecule has 1 aliphatic carbocycles. The average Bonchev–Trinajstić information content (AvgIpc) is 3.08. The molecular formula is C25H31N3O2S. The zero-order chi connectivity index (χ0) is 22.3. The van der Waals surface area contributed by atoms with Crippen molar-refractivity contribution in [3.8, 4) is 0 Å². The number of carbonyl (C=O) groups is 1. The van der Waals surface area contributed by atoms with Gasteiger partial charge in [-0.15, -0.1) is 11.3 Å². The van der Waals surface area contributed by atoms with Gasteiger partial charge in [0.05, 0.1) is 11.7 Å². The van der Waals surface area contributed by atoms with E-state index in [1.165, 1.54) is 15.8 Å². The summed E-state index contributed by atoms with van der Waals surface area (Å²) in [5, 5.41) is 3.82. The van der Waals surface area contributed by atoms with Gasteiger partial charge in [0.1, 0.15) is 11.4 Å². The second-order valence-electron chi connectivity index (χ2n) is 9.38. The monoisotopic (exact) mass is 437 g/mol. The Labute approximate surface area is 187 Å². The second kappa shape index (κ2) is 8.58. The molecule has 1 aliphatic rings. The Bertz CT molecular complexity index is 1160. The van der Waals surface area contributed by atoms with E-state index in [0.717, 1.165) is 46.5 Å². The number of nitrogens with zero attached hydrogens (tertiary/aromatic N) is 2. The van der Waals surface area contributed by atoms with Crippen molar-refractivity contribution in [2.24, 2.45) is 5.92 Å². The zero-order valence-corrected chi connectivity index (χ0v) is 19.8. The molecule has 4 rings (SSSR count). The molecule has 0 radical (unpaired) electrons. The van der Waals surface area contributed by atoms with E-state index in [4.69, 9.17) is 0 Å². The number of aromatic nitrogens is 2. The Morgan fingerprint density at radius 2 is 1.90 bits per heavy atom. The van der Waals surface area contributed by atoms with Crippen LogP contribution in [0.1, 0.15) is 74.4 Å². The first kappa shape index (κ1) is 21.8. The van der Waals surface area contributed by atoms with Gasteiger partial charge in [-0.25, -0.2) is 4.98 Å². The molecule has 6 heteroatoms. The fourth-order valence-electron chi connectivity index (χ4n) is 4.51. The standard InChI is InChI=1S/C25H31N3O2S/c1-14(2)17-7-6-8-18(15(3)4)23(17)27-21(29)12-28-13-26-24-22(25(28)30)19-10-9-16(5)11-20(19)31-24/h6-8,13-16H,9-12H2,1-5H3,(H,27,29). The largest absolute Gasteiger partial charge is 0.324 e. The average molecular weight is 438 g/mol. The molecule has 1 unspecified atom stereocenters. The number of carbonyl (C=O) groups excluding carboxylic acids is 1. The van der Waals surface area contributed by atoms with Crippen LogP contribution in [0.15, 0.2) is 29.3 Å². The normalized spacial score (nSPS) is 16.2. The topological polar surface area (TPSA) is 64.0 Å². The van der Waals surface area contributed by atoms with Crippen LogP contribution >= 0.6 is 11.3 Å². The summed E-state index contributed by atoms with van der Waals surface area (Å²) in [7, 11) is 0. The highest BCUT2D eigenvalue weighted by Crippen LogP contribution is 2.35. The molecule has 0 spiro atoms. The van der Waals surface area contributed by atoms with Crippen LogP contribution in [0.2, 0.25) is 0 Å². The van der Waals surface area contributed by atoms with Crippen LogP contribution in [0.25, 0.3) is 10.2 Å². The van der Waals surface area contributed by atoms with Crippen LogP contribution < -0.4 is 10.9 Å². The minimum atomic E-state index is -0.198. The predicted octanol–water partition coefficient (Wildman–Crippen LogP) is 5.47. The third-order valence-corrected chi connectivity index (χ3v) is 7.40. The minimum absolute atomic E-state index is 0.0350. The van der Waals surface area contributed by atoms with E-state index in [0.29, 0.717) is 11.3 Å². The molecule has 5 nitrogen and oxygen atoms in total. The summed E-state index contributed by atoms with van der Waals surface area (Å²) in [5.41, 5.74) is 4.15. The van der Waals surface area contributed by atoms with Crippen molar-refractivity contribution in [2.75, 3.05) is 5.32 Å². The number of nitrogens with one attached hydrogen (secondary N) is 1. The molecule has 0 saturated heterocycles. The number of aryl methyl sites for hydroxylation is 1. The molecule has 1 aromatic carbocycles. The molecule has 0 aliphatic heterocycles. The van der Waals surface area contributed by atoms with Crippen molar-refractivity contribution in [1.29, 1.82) is 0 Å². The summed E-state index contributed by atoms with van der Waals surface area (Å²) < 4.78 is 1.45. The van der Waals surface area contributed by atoms with E-state index in [-0.39, 0.29) is 29.8 Å². The number of thiophene rings is 1. The predicted molar refractivity (Wildman–Crippen MR) is 128 cm³/mol. The third-order valence-electron chi connectivity index (χ3n) is 6.23. The summed E-state index contributed by atoms with van der Waals surface area (Å²) in [6, 6.07) is 6.17. The van der Waals surface area contributed by atoms with Gasteiger partial charge < -0.3 is 5.32 Å². The van der Waals surface area contributed by atoms with Gasteiger partial charge in [0.15, 0.2) is 0 Å². The maximum atomic E-state index is 13.2. The highest BCUT2D eigenvalue weighted by Gasteiger charge is 2.24. The Kier molecular flexibility index (Phi) is 6.02. The van der Waals surface area contributed by atoms with E-state index in [2.05, 4.69) is 57.1 Å². The summed E-state index contributed by atoms with van der Waals surface area (Å²) in [4.78, 5) is 32.8. The molecule has 1 N–H and O–H groups in total. The van der Waals surface area contributed by atoms with Crippen LogP contribution in [0.3, 0.4) is 0 Å². The summed E-state index contributed by atoms with van der Waals surface area (Å²) in [5.74, 6) is 1.02. The molecule has 0 saturated carbocycles. The van der Waals surface area contributed by atoms with E-state index in [1.807, 2.05) is 6.07 Å². The molecule has 31 heavy (non-hydrogen) atoms. The van der Waals surface area contributed by atoms with Gasteiger partial charge in [-0.05, 0) is 53.7 Å². The van der Waals surface area contributed by atoms with Crippen LogP contribution in [-0.4, -0.2) is 15.5 Å². The van der Waals surface area contributed by atoms with Gasteiger partial charge in [-0.1, -0.05) is 52.8 Å². The van der Waals surface area contributed by atoms with Gasteiger partial charge in [-0.3, -0.25) is 14.2 Å². The molecule has 2 aromatic heterocycles. The molecule has 1 atom stereocenters. The quantitative estimate of drug-likeness (QED) is 0.576. The highest BCUT2D eigenvalue weighted by atomic mass is 32.1. The van der Waals surface area contributed by atoms with Gasteiger partial charge >= 0.3 is 0 Å². The van der Waals surface area contributed by atoms with Crippen molar-refractivity contribution in [3.05, 3.63) is 56.4 Å². The van der Waals surface area contributed by atoms with Crippen molar-refractivity contribution >= 4 is 33.1 Å². The Morgan fingerprint density at radius 3 is 2.55 bits per heavy atom. The summed E-state index contributed by atoms with van der Waals surface area (Å²) >= 11 is 1.63. The Morgan fingerprint density at radius 1 is 1.23 bits per heavy atom. The number of benzene rings is 1. The minimum Gasteiger partial charge on any atom is -0.324 e. The maximum Gasteiger partial charge on any atom is 0.262 e. The number of hydrogen-bond donors (Lipinski definition) is 1. The lowest BCUT2D eigenvalue weighted by Crippen LogP contribution is -2.29. The highest BCUT2D eigenvalue weighted by molar-refractivity contribution is 7.18. The van der Waals surface area contributed by atoms with E-state index < -0.39 is 0 Å². The maximum absolute atomic E-state index is 13.2. The first-order valence-electron chi connectivity index (χ1n) is 11.2. The zero-order valence-electron chi connectivity index (χ0n) is 19.0. The summed E-state index contributed by atoms with van der Waals surface area (Å²) in [6.45, 7) is 10.7. The lowest BCUT2D eigenvalue weighted by molar-refractivity contribution is -0.116. The van der Waals surface area contributed by atoms with Crippen LogP contribution in [0.5, 0.6) is 0 Å². The van der Waals surface area contributed by atoms with Gasteiger partial charge in [0.2, 0.25) is 5.91 Å². The molecule has 1 amide bonds. The van der Waals surface area contributed by atoms with E-state index in [1.54, 1.807) is 11.3 Å². The van der Waals surface area contributed by atoms with Crippen LogP contribution in [-0.2, 0) is 24.2 Å². The number of amides is 1. The SMILES string of the molecule is CC1CCc2c(sc3ncn(CC(=O)Nc4c(C(C)C)cccc4C(C)C)c(=O)c23)C1. The lowest BCUT2D eigenvalue weighted by Gasteiger charge is -2.20. The fraction of sp³-hybridized carbons (Fsp3) is 0.480. The second-order valence-corrected chi connectivity index (χ2v) is 10.5. The van der Waals surface area contributed by atoms with Gasteiger partial charge in [0.25, 0.3) is 5.56 Å².